The molecule has 0 saturated carbocycles. The van der Waals surface area contributed by atoms with Crippen molar-refractivity contribution in [3.63, 3.8) is 0 Å². The second-order valence-corrected chi connectivity index (χ2v) is 4.92. The highest BCUT2D eigenvalue weighted by Crippen LogP contribution is 2.10. The molecule has 5 heteroatoms. The average Bonchev–Trinajstić information content (AvgIpc) is 2.35. The third-order valence-electron chi connectivity index (χ3n) is 3.07. The van der Waals surface area contributed by atoms with Gasteiger partial charge in [-0.25, -0.2) is 5.06 Å². The lowest BCUT2D eigenvalue weighted by atomic mass is 10.1. The molecule has 0 radical (unpaired) electrons. The summed E-state index contributed by atoms with van der Waals surface area (Å²) in [6.45, 7) is 1.56. The first kappa shape index (κ1) is 17.9. The monoisotopic (exact) mass is 273 g/mol. The molecule has 0 aromatic heterocycles. The molecule has 0 aromatic carbocycles. The Bertz CT molecular complexity index is 256. The zero-order chi connectivity index (χ0) is 14.5. The molecule has 0 fully saturated rings. The maximum absolute atomic E-state index is 11.3. The molecule has 0 aromatic rings. The van der Waals surface area contributed by atoms with Crippen molar-refractivity contribution in [2.45, 2.75) is 71.1 Å². The summed E-state index contributed by atoms with van der Waals surface area (Å²) >= 11 is 0. The molecule has 0 saturated heterocycles. The Morgan fingerprint density at radius 2 is 1.37 bits per heavy atom. The van der Waals surface area contributed by atoms with Gasteiger partial charge in [-0.1, -0.05) is 58.3 Å². The van der Waals surface area contributed by atoms with E-state index in [4.69, 9.17) is 10.3 Å². The molecule has 19 heavy (non-hydrogen) atoms. The molecule has 0 aliphatic carbocycles. The fraction of sp³-hybridized carbons (Fsp3) is 0.857. The molecular formula is C14H27NO4. The van der Waals surface area contributed by atoms with Gasteiger partial charge < -0.3 is 5.11 Å². The summed E-state index contributed by atoms with van der Waals surface area (Å²) in [5, 5.41) is 17.8. The van der Waals surface area contributed by atoms with Gasteiger partial charge in [-0.2, -0.15) is 0 Å². The normalized spacial score (nSPS) is 10.4. The van der Waals surface area contributed by atoms with Gasteiger partial charge in [0.05, 0.1) is 0 Å². The van der Waals surface area contributed by atoms with Crippen LogP contribution in [0.25, 0.3) is 0 Å². The Hall–Kier alpha value is -1.10. The van der Waals surface area contributed by atoms with Crippen LogP contribution >= 0.6 is 0 Å². The summed E-state index contributed by atoms with van der Waals surface area (Å²) in [7, 11) is 0. The summed E-state index contributed by atoms with van der Waals surface area (Å²) in [6, 6.07) is 0. The molecule has 0 heterocycles. The van der Waals surface area contributed by atoms with Gasteiger partial charge >= 0.3 is 5.97 Å². The summed E-state index contributed by atoms with van der Waals surface area (Å²) in [5.74, 6) is -1.71. The number of hydroxylamine groups is 2. The molecule has 112 valence electrons. The van der Waals surface area contributed by atoms with Crippen molar-refractivity contribution in [2.24, 2.45) is 0 Å². The minimum atomic E-state index is -1.21. The Labute approximate surface area is 115 Å². The van der Waals surface area contributed by atoms with Crippen molar-refractivity contribution in [2.75, 3.05) is 6.54 Å². The molecule has 0 rings (SSSR count). The standard InChI is InChI=1S/C14H27NO4/c1-2-3-4-5-6-7-8-9-10-11-13(16)15(19)12-14(17)18/h19H,2-12H2,1H3,(H,17,18). The molecule has 0 aliphatic heterocycles. The van der Waals surface area contributed by atoms with Crippen LogP contribution in [0.2, 0.25) is 0 Å². The lowest BCUT2D eigenvalue weighted by Crippen LogP contribution is -2.32. The van der Waals surface area contributed by atoms with Crippen molar-refractivity contribution in [1.82, 2.24) is 5.06 Å². The second-order valence-electron chi connectivity index (χ2n) is 4.92. The fourth-order valence-corrected chi connectivity index (χ4v) is 1.93. The number of hydrogen-bond donors (Lipinski definition) is 2. The highest BCUT2D eigenvalue weighted by Gasteiger charge is 2.13. The number of aliphatic carboxylic acids is 1. The van der Waals surface area contributed by atoms with Crippen LogP contribution in [-0.4, -0.2) is 33.8 Å². The van der Waals surface area contributed by atoms with Crippen molar-refractivity contribution < 1.29 is 19.9 Å². The smallest absolute Gasteiger partial charge is 0.325 e. The molecule has 1 amide bonds. The number of carboxylic acids is 1. The van der Waals surface area contributed by atoms with Crippen molar-refractivity contribution in [3.05, 3.63) is 0 Å². The van der Waals surface area contributed by atoms with Crippen LogP contribution in [0.15, 0.2) is 0 Å². The lowest BCUT2D eigenvalue weighted by molar-refractivity contribution is -0.173. The summed E-state index contributed by atoms with van der Waals surface area (Å²) in [4.78, 5) is 21.6. The Kier molecular flexibility index (Phi) is 11.3. The van der Waals surface area contributed by atoms with E-state index < -0.39 is 18.4 Å². The summed E-state index contributed by atoms with van der Waals surface area (Å²) in [5.41, 5.74) is 0. The van der Waals surface area contributed by atoms with E-state index in [1.807, 2.05) is 0 Å². The summed E-state index contributed by atoms with van der Waals surface area (Å²) in [6.07, 6.45) is 10.6. The van der Waals surface area contributed by atoms with Gasteiger partial charge in [0.2, 0.25) is 5.91 Å². The van der Waals surface area contributed by atoms with E-state index in [0.717, 1.165) is 12.8 Å². The van der Waals surface area contributed by atoms with Crippen LogP contribution in [0.3, 0.4) is 0 Å². The number of nitrogens with zero attached hydrogens (tertiary/aromatic N) is 1. The van der Waals surface area contributed by atoms with Crippen molar-refractivity contribution in [3.8, 4) is 0 Å². The van der Waals surface area contributed by atoms with Crippen molar-refractivity contribution in [1.29, 1.82) is 0 Å². The zero-order valence-electron chi connectivity index (χ0n) is 11.9. The Morgan fingerprint density at radius 3 is 1.84 bits per heavy atom. The number of unbranched alkanes of at least 4 members (excludes halogenated alkanes) is 8. The highest BCUT2D eigenvalue weighted by atomic mass is 16.5. The lowest BCUT2D eigenvalue weighted by Gasteiger charge is -2.11. The second kappa shape index (κ2) is 12.0. The van der Waals surface area contributed by atoms with E-state index in [1.165, 1.54) is 38.5 Å². The zero-order valence-corrected chi connectivity index (χ0v) is 11.9. The third kappa shape index (κ3) is 11.7. The van der Waals surface area contributed by atoms with Crippen LogP contribution in [0.4, 0.5) is 0 Å². The molecule has 0 bridgehead atoms. The highest BCUT2D eigenvalue weighted by molar-refractivity contribution is 5.80. The number of amides is 1. The number of carbonyl (C=O) groups excluding carboxylic acids is 1. The van der Waals surface area contributed by atoms with Crippen LogP contribution in [0, 0.1) is 0 Å². The van der Waals surface area contributed by atoms with Gasteiger partial charge in [-0.05, 0) is 6.42 Å². The molecule has 0 unspecified atom stereocenters. The predicted octanol–water partition coefficient (Wildman–Crippen LogP) is 3.21. The Morgan fingerprint density at radius 1 is 0.895 bits per heavy atom. The first-order valence-corrected chi connectivity index (χ1v) is 7.29. The minimum absolute atomic E-state index is 0.222. The molecule has 0 atom stereocenters. The van der Waals surface area contributed by atoms with Crippen LogP contribution < -0.4 is 0 Å². The topological polar surface area (TPSA) is 77.8 Å². The third-order valence-corrected chi connectivity index (χ3v) is 3.07. The number of carbonyl (C=O) groups is 2. The van der Waals surface area contributed by atoms with Gasteiger partial charge in [0, 0.05) is 6.42 Å². The van der Waals surface area contributed by atoms with Crippen LogP contribution in [0.1, 0.15) is 71.1 Å². The van der Waals surface area contributed by atoms with E-state index >= 15 is 0 Å². The summed E-state index contributed by atoms with van der Waals surface area (Å²) < 4.78 is 0. The van der Waals surface area contributed by atoms with Crippen molar-refractivity contribution >= 4 is 11.9 Å². The quantitative estimate of drug-likeness (QED) is 0.325. The first-order chi connectivity index (χ1) is 9.07. The Balaban J connectivity index is 3.34. The number of hydrogen-bond acceptors (Lipinski definition) is 3. The molecule has 0 aliphatic rings. The van der Waals surface area contributed by atoms with Gasteiger partial charge in [0.1, 0.15) is 6.54 Å². The van der Waals surface area contributed by atoms with E-state index in [1.54, 1.807) is 0 Å². The van der Waals surface area contributed by atoms with Gasteiger partial charge in [0.25, 0.3) is 0 Å². The van der Waals surface area contributed by atoms with Gasteiger partial charge in [0.15, 0.2) is 0 Å². The number of carboxylic acid groups (broad SMARTS) is 1. The minimum Gasteiger partial charge on any atom is -0.480 e. The van der Waals surface area contributed by atoms with Crippen LogP contribution in [-0.2, 0) is 9.59 Å². The van der Waals surface area contributed by atoms with E-state index in [-0.39, 0.29) is 11.5 Å². The fourth-order valence-electron chi connectivity index (χ4n) is 1.93. The predicted molar refractivity (Wildman–Crippen MR) is 73.0 cm³/mol. The molecule has 0 spiro atoms. The first-order valence-electron chi connectivity index (χ1n) is 7.29. The van der Waals surface area contributed by atoms with Gasteiger partial charge in [-0.15, -0.1) is 0 Å². The average molecular weight is 273 g/mol. The molecule has 2 N–H and O–H groups in total. The van der Waals surface area contributed by atoms with E-state index in [2.05, 4.69) is 6.92 Å². The van der Waals surface area contributed by atoms with Crippen LogP contribution in [0.5, 0.6) is 0 Å². The largest absolute Gasteiger partial charge is 0.480 e. The van der Waals surface area contributed by atoms with E-state index in [9.17, 15) is 9.59 Å². The molecule has 5 nitrogen and oxygen atoms in total. The van der Waals surface area contributed by atoms with Gasteiger partial charge in [-0.3, -0.25) is 14.8 Å². The maximum atomic E-state index is 11.3. The number of rotatable bonds is 12. The SMILES string of the molecule is CCCCCCCCCCCC(=O)N(O)CC(=O)O. The van der Waals surface area contributed by atoms with E-state index in [0.29, 0.717) is 6.42 Å². The molecular weight excluding hydrogens is 246 g/mol. The maximum Gasteiger partial charge on any atom is 0.325 e.